The van der Waals surface area contributed by atoms with E-state index in [1.54, 1.807) is 6.07 Å². The van der Waals surface area contributed by atoms with Crippen LogP contribution in [0.2, 0.25) is 0 Å². The van der Waals surface area contributed by atoms with Crippen LogP contribution in [0.25, 0.3) is 0 Å². The SMILES string of the molecule is CC(NC(=O)c1cncc(C(=O)Nc2ccccc2F)c1)c1ccccc1. The standard InChI is InChI=1S/C21H18FN3O2/c1-14(15-7-3-2-4-8-15)24-20(26)16-11-17(13-23-12-16)21(27)25-19-10-6-5-9-18(19)22/h2-14H,1H3,(H,24,26)(H,25,27). The van der Waals surface area contributed by atoms with Crippen molar-refractivity contribution in [3.8, 4) is 0 Å². The van der Waals surface area contributed by atoms with Crippen molar-refractivity contribution < 1.29 is 14.0 Å². The largest absolute Gasteiger partial charge is 0.345 e. The number of amides is 2. The molecule has 27 heavy (non-hydrogen) atoms. The van der Waals surface area contributed by atoms with Crippen LogP contribution in [0.3, 0.4) is 0 Å². The van der Waals surface area contributed by atoms with Crippen molar-refractivity contribution in [2.45, 2.75) is 13.0 Å². The number of carbonyl (C=O) groups is 2. The van der Waals surface area contributed by atoms with Gasteiger partial charge in [-0.3, -0.25) is 14.6 Å². The van der Waals surface area contributed by atoms with E-state index in [2.05, 4.69) is 15.6 Å². The highest BCUT2D eigenvalue weighted by atomic mass is 19.1. The van der Waals surface area contributed by atoms with Crippen molar-refractivity contribution in [3.63, 3.8) is 0 Å². The molecular weight excluding hydrogens is 345 g/mol. The first kappa shape index (κ1) is 18.3. The first-order chi connectivity index (χ1) is 13.0. The van der Waals surface area contributed by atoms with Gasteiger partial charge in [0.25, 0.3) is 11.8 Å². The predicted molar refractivity (Wildman–Crippen MR) is 101 cm³/mol. The molecule has 0 saturated heterocycles. The highest BCUT2D eigenvalue weighted by Crippen LogP contribution is 2.15. The van der Waals surface area contributed by atoms with Crippen LogP contribution in [0.15, 0.2) is 73.1 Å². The second-order valence-corrected chi connectivity index (χ2v) is 6.00. The van der Waals surface area contributed by atoms with Crippen molar-refractivity contribution in [1.29, 1.82) is 0 Å². The van der Waals surface area contributed by atoms with E-state index in [-0.39, 0.29) is 28.8 Å². The van der Waals surface area contributed by atoms with E-state index in [0.29, 0.717) is 0 Å². The Labute approximate surface area is 156 Å². The number of anilines is 1. The van der Waals surface area contributed by atoms with Gasteiger partial charge in [0.15, 0.2) is 0 Å². The molecule has 2 amide bonds. The molecule has 0 aliphatic rings. The van der Waals surface area contributed by atoms with E-state index in [9.17, 15) is 14.0 Å². The van der Waals surface area contributed by atoms with Gasteiger partial charge >= 0.3 is 0 Å². The summed E-state index contributed by atoms with van der Waals surface area (Å²) < 4.78 is 13.7. The van der Waals surface area contributed by atoms with Gasteiger partial charge in [0, 0.05) is 12.4 Å². The Morgan fingerprint density at radius 2 is 1.56 bits per heavy atom. The van der Waals surface area contributed by atoms with Crippen molar-refractivity contribution in [1.82, 2.24) is 10.3 Å². The number of rotatable bonds is 5. The molecule has 3 rings (SSSR count). The lowest BCUT2D eigenvalue weighted by Gasteiger charge is -2.14. The lowest BCUT2D eigenvalue weighted by atomic mass is 10.1. The zero-order valence-corrected chi connectivity index (χ0v) is 14.6. The molecule has 1 aromatic heterocycles. The molecule has 1 heterocycles. The summed E-state index contributed by atoms with van der Waals surface area (Å²) >= 11 is 0. The lowest BCUT2D eigenvalue weighted by molar-refractivity contribution is 0.0939. The Bertz CT molecular complexity index is 960. The van der Waals surface area contributed by atoms with Crippen molar-refractivity contribution in [2.24, 2.45) is 0 Å². The highest BCUT2D eigenvalue weighted by Gasteiger charge is 2.15. The average molecular weight is 363 g/mol. The Balaban J connectivity index is 1.72. The van der Waals surface area contributed by atoms with Crippen LogP contribution >= 0.6 is 0 Å². The molecule has 2 aromatic carbocycles. The summed E-state index contributed by atoms with van der Waals surface area (Å²) in [5.74, 6) is -1.43. The topological polar surface area (TPSA) is 71.1 Å². The Hall–Kier alpha value is -3.54. The number of aromatic nitrogens is 1. The summed E-state index contributed by atoms with van der Waals surface area (Å²) in [6.45, 7) is 1.87. The third kappa shape index (κ3) is 4.55. The van der Waals surface area contributed by atoms with E-state index >= 15 is 0 Å². The van der Waals surface area contributed by atoms with E-state index in [0.717, 1.165) is 5.56 Å². The van der Waals surface area contributed by atoms with Gasteiger partial charge in [-0.1, -0.05) is 42.5 Å². The fraction of sp³-hybridized carbons (Fsp3) is 0.0952. The molecule has 0 radical (unpaired) electrons. The minimum absolute atomic E-state index is 0.0649. The molecule has 136 valence electrons. The summed E-state index contributed by atoms with van der Waals surface area (Å²) in [6.07, 6.45) is 2.71. The third-order valence-corrected chi connectivity index (χ3v) is 4.03. The predicted octanol–water partition coefficient (Wildman–Crippen LogP) is 3.96. The third-order valence-electron chi connectivity index (χ3n) is 4.03. The number of halogens is 1. The molecule has 1 unspecified atom stereocenters. The molecule has 2 N–H and O–H groups in total. The number of benzene rings is 2. The molecular formula is C21H18FN3O2. The first-order valence-electron chi connectivity index (χ1n) is 8.41. The zero-order chi connectivity index (χ0) is 19.2. The average Bonchev–Trinajstić information content (AvgIpc) is 2.70. The molecule has 5 nitrogen and oxygen atoms in total. The zero-order valence-electron chi connectivity index (χ0n) is 14.6. The quantitative estimate of drug-likeness (QED) is 0.721. The fourth-order valence-electron chi connectivity index (χ4n) is 2.55. The van der Waals surface area contributed by atoms with Crippen LogP contribution in [0.5, 0.6) is 0 Å². The normalized spacial score (nSPS) is 11.5. The summed E-state index contributed by atoms with van der Waals surface area (Å²) in [4.78, 5) is 28.8. The van der Waals surface area contributed by atoms with E-state index < -0.39 is 11.7 Å². The van der Waals surface area contributed by atoms with Crippen molar-refractivity contribution in [2.75, 3.05) is 5.32 Å². The van der Waals surface area contributed by atoms with Crippen LogP contribution in [0.1, 0.15) is 39.2 Å². The molecule has 0 fully saturated rings. The lowest BCUT2D eigenvalue weighted by Crippen LogP contribution is -2.27. The number of pyridine rings is 1. The van der Waals surface area contributed by atoms with Gasteiger partial charge in [0.2, 0.25) is 0 Å². The van der Waals surface area contributed by atoms with E-state index in [1.165, 1.54) is 36.7 Å². The second kappa shape index (κ2) is 8.23. The van der Waals surface area contributed by atoms with E-state index in [4.69, 9.17) is 0 Å². The maximum absolute atomic E-state index is 13.7. The van der Waals surface area contributed by atoms with Crippen LogP contribution < -0.4 is 10.6 Å². The molecule has 0 bridgehead atoms. The van der Waals surface area contributed by atoms with Gasteiger partial charge in [-0.15, -0.1) is 0 Å². The van der Waals surface area contributed by atoms with Gasteiger partial charge in [-0.25, -0.2) is 4.39 Å². The van der Waals surface area contributed by atoms with Crippen LogP contribution in [0.4, 0.5) is 10.1 Å². The first-order valence-corrected chi connectivity index (χ1v) is 8.41. The van der Waals surface area contributed by atoms with Gasteiger partial charge in [-0.2, -0.15) is 0 Å². The molecule has 0 spiro atoms. The fourth-order valence-corrected chi connectivity index (χ4v) is 2.55. The monoisotopic (exact) mass is 363 g/mol. The number of para-hydroxylation sites is 1. The Morgan fingerprint density at radius 3 is 2.26 bits per heavy atom. The van der Waals surface area contributed by atoms with Crippen molar-refractivity contribution in [3.05, 3.63) is 95.6 Å². The number of nitrogens with one attached hydrogen (secondary N) is 2. The molecule has 1 atom stereocenters. The van der Waals surface area contributed by atoms with Gasteiger partial charge in [0.1, 0.15) is 5.82 Å². The van der Waals surface area contributed by atoms with Crippen molar-refractivity contribution >= 4 is 17.5 Å². The molecule has 0 saturated carbocycles. The Kier molecular flexibility index (Phi) is 5.56. The van der Waals surface area contributed by atoms with E-state index in [1.807, 2.05) is 37.3 Å². The minimum Gasteiger partial charge on any atom is -0.345 e. The summed E-state index contributed by atoms with van der Waals surface area (Å²) in [5, 5.41) is 5.34. The maximum atomic E-state index is 13.7. The van der Waals surface area contributed by atoms with Crippen LogP contribution in [-0.4, -0.2) is 16.8 Å². The van der Waals surface area contributed by atoms with Gasteiger partial charge < -0.3 is 10.6 Å². The van der Waals surface area contributed by atoms with Gasteiger partial charge in [0.05, 0.1) is 22.9 Å². The molecule has 6 heteroatoms. The van der Waals surface area contributed by atoms with Crippen LogP contribution in [0, 0.1) is 5.82 Å². The smallest absolute Gasteiger partial charge is 0.257 e. The second-order valence-electron chi connectivity index (χ2n) is 6.00. The molecule has 0 aliphatic carbocycles. The van der Waals surface area contributed by atoms with Crippen LogP contribution in [-0.2, 0) is 0 Å². The number of hydrogen-bond acceptors (Lipinski definition) is 3. The minimum atomic E-state index is -0.543. The summed E-state index contributed by atoms with van der Waals surface area (Å²) in [5.41, 5.74) is 1.44. The molecule has 0 aliphatic heterocycles. The maximum Gasteiger partial charge on any atom is 0.257 e. The number of nitrogens with zero attached hydrogens (tertiary/aromatic N) is 1. The highest BCUT2D eigenvalue weighted by molar-refractivity contribution is 6.05. The number of carbonyl (C=O) groups excluding carboxylic acids is 2. The summed E-state index contributed by atoms with van der Waals surface area (Å²) in [6, 6.07) is 16.6. The summed E-state index contributed by atoms with van der Waals surface area (Å²) in [7, 11) is 0. The van der Waals surface area contributed by atoms with Gasteiger partial charge in [-0.05, 0) is 30.7 Å². The number of hydrogen-bond donors (Lipinski definition) is 2. The molecule has 3 aromatic rings. The Morgan fingerprint density at radius 1 is 0.926 bits per heavy atom.